The second-order valence-corrected chi connectivity index (χ2v) is 5.73. The van der Waals surface area contributed by atoms with Crippen molar-refractivity contribution in [3.05, 3.63) is 65.8 Å². The Morgan fingerprint density at radius 1 is 1.21 bits per heavy atom. The van der Waals surface area contributed by atoms with Crippen LogP contribution in [-0.4, -0.2) is 21.4 Å². The number of rotatable bonds is 5. The molecule has 0 aliphatic carbocycles. The number of benzene rings is 2. The summed E-state index contributed by atoms with van der Waals surface area (Å²) >= 11 is 4.97. The van der Waals surface area contributed by atoms with Crippen molar-refractivity contribution in [2.45, 2.75) is 6.54 Å². The highest BCUT2D eigenvalue weighted by Crippen LogP contribution is 2.35. The molecule has 0 fully saturated rings. The van der Waals surface area contributed by atoms with Gasteiger partial charge in [-0.05, 0) is 30.4 Å². The molecule has 4 rings (SSSR count). The summed E-state index contributed by atoms with van der Waals surface area (Å²) in [4.78, 5) is 0.278. The Labute approximate surface area is 143 Å². The van der Waals surface area contributed by atoms with Crippen LogP contribution < -0.4 is 4.74 Å². The van der Waals surface area contributed by atoms with Gasteiger partial charge in [-0.1, -0.05) is 36.9 Å². The smallest absolute Gasteiger partial charge is 0.284 e. The lowest BCUT2D eigenvalue weighted by Gasteiger charge is -2.06. The van der Waals surface area contributed by atoms with Crippen LogP contribution in [0.25, 0.3) is 21.8 Å². The molecule has 0 aliphatic heterocycles. The second-order valence-electron chi connectivity index (χ2n) is 5.36. The van der Waals surface area contributed by atoms with Crippen molar-refractivity contribution < 1.29 is 9.15 Å². The number of hydrogen-bond acceptors (Lipinski definition) is 4. The standard InChI is InChI=1S/C18H15N3O2S/c1-2-10-22-15-9-5-8-14-17(15)12-6-3-4-7-13(12)21(14)11-16-19-20-18(24)23-16/h2-9H,1,10-11H2,(H,20,24). The topological polar surface area (TPSA) is 56.0 Å². The van der Waals surface area contributed by atoms with Gasteiger partial charge in [0.15, 0.2) is 0 Å². The molecule has 0 bridgehead atoms. The van der Waals surface area contributed by atoms with Crippen molar-refractivity contribution >= 4 is 34.0 Å². The predicted octanol–water partition coefficient (Wildman–Crippen LogP) is 4.45. The number of ether oxygens (including phenoxy) is 1. The summed E-state index contributed by atoms with van der Waals surface area (Å²) in [5.41, 5.74) is 2.15. The molecule has 2 heterocycles. The molecular weight excluding hydrogens is 322 g/mol. The van der Waals surface area contributed by atoms with Gasteiger partial charge in [0.2, 0.25) is 5.89 Å². The number of H-pyrrole nitrogens is 1. The van der Waals surface area contributed by atoms with Crippen LogP contribution in [0, 0.1) is 4.84 Å². The molecule has 0 amide bonds. The second kappa shape index (κ2) is 5.98. The minimum Gasteiger partial charge on any atom is -0.489 e. The quantitative estimate of drug-likeness (QED) is 0.432. The van der Waals surface area contributed by atoms with Gasteiger partial charge in [0.05, 0.1) is 5.52 Å². The van der Waals surface area contributed by atoms with Crippen molar-refractivity contribution in [1.29, 1.82) is 0 Å². The van der Waals surface area contributed by atoms with Crippen molar-refractivity contribution in [2.24, 2.45) is 0 Å². The summed E-state index contributed by atoms with van der Waals surface area (Å²) in [5, 5.41) is 8.98. The van der Waals surface area contributed by atoms with Crippen molar-refractivity contribution in [3.8, 4) is 5.75 Å². The van der Waals surface area contributed by atoms with E-state index >= 15 is 0 Å². The molecule has 1 N–H and O–H groups in total. The normalized spacial score (nSPS) is 11.2. The lowest BCUT2D eigenvalue weighted by atomic mass is 10.1. The van der Waals surface area contributed by atoms with Gasteiger partial charge in [0.25, 0.3) is 4.84 Å². The van der Waals surface area contributed by atoms with E-state index in [1.165, 1.54) is 0 Å². The third kappa shape index (κ3) is 2.41. The van der Waals surface area contributed by atoms with Crippen molar-refractivity contribution in [1.82, 2.24) is 14.8 Å². The molecule has 0 aliphatic rings. The van der Waals surface area contributed by atoms with Crippen LogP contribution in [0.3, 0.4) is 0 Å². The van der Waals surface area contributed by atoms with Gasteiger partial charge in [-0.15, -0.1) is 5.10 Å². The zero-order valence-corrected chi connectivity index (χ0v) is 13.7. The van der Waals surface area contributed by atoms with Gasteiger partial charge >= 0.3 is 0 Å². The van der Waals surface area contributed by atoms with Crippen molar-refractivity contribution in [3.63, 3.8) is 0 Å². The van der Waals surface area contributed by atoms with Gasteiger partial charge in [-0.25, -0.2) is 5.10 Å². The molecule has 0 radical (unpaired) electrons. The van der Waals surface area contributed by atoms with E-state index in [0.29, 0.717) is 19.0 Å². The third-order valence-corrected chi connectivity index (χ3v) is 4.07. The number of aromatic amines is 1. The van der Waals surface area contributed by atoms with Gasteiger partial charge in [-0.3, -0.25) is 0 Å². The number of hydrogen-bond donors (Lipinski definition) is 1. The maximum absolute atomic E-state index is 5.85. The lowest BCUT2D eigenvalue weighted by Crippen LogP contribution is -2.00. The van der Waals surface area contributed by atoms with Crippen LogP contribution in [0.1, 0.15) is 5.89 Å². The number of nitrogens with one attached hydrogen (secondary N) is 1. The number of fused-ring (bicyclic) bond motifs is 3. The highest BCUT2D eigenvalue weighted by atomic mass is 32.1. The van der Waals surface area contributed by atoms with Gasteiger partial charge in [0.1, 0.15) is 18.9 Å². The lowest BCUT2D eigenvalue weighted by molar-refractivity contribution is 0.368. The summed E-state index contributed by atoms with van der Waals surface area (Å²) < 4.78 is 13.4. The van der Waals surface area contributed by atoms with E-state index in [9.17, 15) is 0 Å². The zero-order chi connectivity index (χ0) is 16.5. The summed E-state index contributed by atoms with van der Waals surface area (Å²) in [6.07, 6.45) is 1.74. The molecule has 0 saturated carbocycles. The predicted molar refractivity (Wildman–Crippen MR) is 95.9 cm³/mol. The Hall–Kier alpha value is -2.86. The van der Waals surface area contributed by atoms with E-state index in [0.717, 1.165) is 27.6 Å². The first-order chi connectivity index (χ1) is 11.8. The Bertz CT molecular complexity index is 1090. The van der Waals surface area contributed by atoms with Crippen LogP contribution in [-0.2, 0) is 6.54 Å². The molecule has 0 unspecified atom stereocenters. The highest BCUT2D eigenvalue weighted by molar-refractivity contribution is 7.71. The Morgan fingerprint density at radius 2 is 2.04 bits per heavy atom. The minimum atomic E-state index is 0.278. The van der Waals surface area contributed by atoms with Crippen molar-refractivity contribution in [2.75, 3.05) is 6.61 Å². The van der Waals surface area contributed by atoms with E-state index in [4.69, 9.17) is 21.4 Å². The summed E-state index contributed by atoms with van der Waals surface area (Å²) in [5.74, 6) is 1.38. The van der Waals surface area contributed by atoms with Crippen LogP contribution in [0.2, 0.25) is 0 Å². The SMILES string of the molecule is C=CCOc1cccc2c1c1ccccc1n2Cc1n[nH]c(=S)o1. The zero-order valence-electron chi connectivity index (χ0n) is 12.9. The summed E-state index contributed by atoms with van der Waals surface area (Å²) in [6.45, 7) is 4.67. The van der Waals surface area contributed by atoms with Crippen LogP contribution in [0.4, 0.5) is 0 Å². The molecular formula is C18H15N3O2S. The minimum absolute atomic E-state index is 0.278. The van der Waals surface area contributed by atoms with Crippen LogP contribution >= 0.6 is 12.2 Å². The maximum atomic E-state index is 5.85. The monoisotopic (exact) mass is 337 g/mol. The number of nitrogens with zero attached hydrogens (tertiary/aromatic N) is 2. The first-order valence-electron chi connectivity index (χ1n) is 7.56. The molecule has 2 aromatic heterocycles. The molecule has 0 spiro atoms. The first-order valence-corrected chi connectivity index (χ1v) is 7.97. The largest absolute Gasteiger partial charge is 0.489 e. The Morgan fingerprint density at radius 3 is 2.83 bits per heavy atom. The van der Waals surface area contributed by atoms with Crippen LogP contribution in [0.5, 0.6) is 5.75 Å². The first kappa shape index (κ1) is 14.7. The fourth-order valence-corrected chi connectivity index (χ4v) is 3.11. The average molecular weight is 337 g/mol. The molecule has 2 aromatic carbocycles. The molecule has 5 nitrogen and oxygen atoms in total. The Balaban J connectivity index is 1.97. The highest BCUT2D eigenvalue weighted by Gasteiger charge is 2.15. The number of aromatic nitrogens is 3. The summed E-state index contributed by atoms with van der Waals surface area (Å²) in [6, 6.07) is 14.2. The fourth-order valence-electron chi connectivity index (χ4n) is 2.97. The third-order valence-electron chi connectivity index (χ3n) is 3.89. The maximum Gasteiger partial charge on any atom is 0.284 e. The molecule has 24 heavy (non-hydrogen) atoms. The molecule has 0 saturated heterocycles. The van der Waals surface area contributed by atoms with E-state index < -0.39 is 0 Å². The molecule has 0 atom stereocenters. The number of para-hydroxylation sites is 1. The molecule has 120 valence electrons. The Kier molecular flexibility index (Phi) is 3.66. The van der Waals surface area contributed by atoms with E-state index in [-0.39, 0.29) is 4.84 Å². The van der Waals surface area contributed by atoms with E-state index in [2.05, 4.69) is 39.5 Å². The van der Waals surface area contributed by atoms with Gasteiger partial charge in [-0.2, -0.15) is 0 Å². The fraction of sp³-hybridized carbons (Fsp3) is 0.111. The molecule has 6 heteroatoms. The van der Waals surface area contributed by atoms with E-state index in [1.54, 1.807) is 6.08 Å². The van der Waals surface area contributed by atoms with E-state index in [1.807, 2.05) is 24.3 Å². The molecule has 4 aromatic rings. The average Bonchev–Trinajstić information content (AvgIpc) is 3.16. The van der Waals surface area contributed by atoms with Gasteiger partial charge in [0, 0.05) is 16.3 Å². The van der Waals surface area contributed by atoms with Crippen LogP contribution in [0.15, 0.2) is 59.5 Å². The summed E-state index contributed by atoms with van der Waals surface area (Å²) in [7, 11) is 0. The van der Waals surface area contributed by atoms with Gasteiger partial charge < -0.3 is 13.7 Å².